The standard InChI is InChI=1S/C11H17N3/c1-8-3-4-14(7-8)11-9(2)5-10(12)6-13-11/h5-6,8H,3-4,7,12H2,1-2H3. The molecule has 2 rings (SSSR count). The molecular weight excluding hydrogens is 174 g/mol. The van der Waals surface area contributed by atoms with Gasteiger partial charge in [-0.1, -0.05) is 6.92 Å². The molecule has 1 aliphatic heterocycles. The number of rotatable bonds is 1. The van der Waals surface area contributed by atoms with Crippen LogP contribution in [0.1, 0.15) is 18.9 Å². The van der Waals surface area contributed by atoms with E-state index in [1.807, 2.05) is 6.07 Å². The molecule has 0 spiro atoms. The van der Waals surface area contributed by atoms with E-state index >= 15 is 0 Å². The summed E-state index contributed by atoms with van der Waals surface area (Å²) in [4.78, 5) is 6.74. The zero-order chi connectivity index (χ0) is 10.1. The third-order valence-electron chi connectivity index (χ3n) is 2.80. The second-order valence-electron chi connectivity index (χ2n) is 4.25. The Bertz CT molecular complexity index is 335. The highest BCUT2D eigenvalue weighted by molar-refractivity contribution is 5.53. The maximum Gasteiger partial charge on any atom is 0.131 e. The molecule has 1 fully saturated rings. The van der Waals surface area contributed by atoms with E-state index in [0.717, 1.165) is 30.5 Å². The number of nitrogens with zero attached hydrogens (tertiary/aromatic N) is 2. The molecule has 0 radical (unpaired) electrons. The zero-order valence-corrected chi connectivity index (χ0v) is 8.83. The fourth-order valence-electron chi connectivity index (χ4n) is 2.05. The van der Waals surface area contributed by atoms with Crippen LogP contribution in [0, 0.1) is 12.8 Å². The molecule has 1 atom stereocenters. The first-order chi connectivity index (χ1) is 6.66. The Morgan fingerprint density at radius 1 is 1.57 bits per heavy atom. The summed E-state index contributed by atoms with van der Waals surface area (Å²) >= 11 is 0. The molecule has 0 bridgehead atoms. The van der Waals surface area contributed by atoms with Gasteiger partial charge in [0.05, 0.1) is 11.9 Å². The van der Waals surface area contributed by atoms with Crippen LogP contribution in [-0.4, -0.2) is 18.1 Å². The normalized spacial score (nSPS) is 21.6. The predicted molar refractivity (Wildman–Crippen MR) is 59.4 cm³/mol. The molecule has 76 valence electrons. The minimum Gasteiger partial charge on any atom is -0.397 e. The van der Waals surface area contributed by atoms with E-state index in [1.54, 1.807) is 6.20 Å². The Kier molecular flexibility index (Phi) is 2.32. The van der Waals surface area contributed by atoms with Crippen molar-refractivity contribution in [2.24, 2.45) is 5.92 Å². The average Bonchev–Trinajstić information content (AvgIpc) is 2.51. The topological polar surface area (TPSA) is 42.1 Å². The van der Waals surface area contributed by atoms with Gasteiger partial charge < -0.3 is 10.6 Å². The van der Waals surface area contributed by atoms with Gasteiger partial charge in [-0.15, -0.1) is 0 Å². The van der Waals surface area contributed by atoms with Gasteiger partial charge in [0.15, 0.2) is 0 Å². The van der Waals surface area contributed by atoms with Gasteiger partial charge in [-0.2, -0.15) is 0 Å². The lowest BCUT2D eigenvalue weighted by atomic mass is 10.2. The number of nitrogen functional groups attached to an aromatic ring is 1. The number of anilines is 2. The maximum absolute atomic E-state index is 5.67. The minimum absolute atomic E-state index is 0.749. The molecule has 1 aromatic heterocycles. The summed E-state index contributed by atoms with van der Waals surface area (Å²) in [5.41, 5.74) is 7.60. The van der Waals surface area contributed by atoms with E-state index in [9.17, 15) is 0 Å². The molecule has 3 nitrogen and oxygen atoms in total. The highest BCUT2D eigenvalue weighted by Crippen LogP contribution is 2.25. The molecule has 1 saturated heterocycles. The van der Waals surface area contributed by atoms with Crippen molar-refractivity contribution < 1.29 is 0 Å². The maximum atomic E-state index is 5.67. The zero-order valence-electron chi connectivity index (χ0n) is 8.83. The fourth-order valence-corrected chi connectivity index (χ4v) is 2.05. The van der Waals surface area contributed by atoms with Crippen molar-refractivity contribution >= 4 is 11.5 Å². The quantitative estimate of drug-likeness (QED) is 0.736. The lowest BCUT2D eigenvalue weighted by Crippen LogP contribution is -2.21. The molecular formula is C11H17N3. The van der Waals surface area contributed by atoms with Gasteiger partial charge in [0, 0.05) is 13.1 Å². The third kappa shape index (κ3) is 1.67. The second-order valence-corrected chi connectivity index (χ2v) is 4.25. The van der Waals surface area contributed by atoms with Gasteiger partial charge in [-0.25, -0.2) is 4.98 Å². The van der Waals surface area contributed by atoms with Crippen LogP contribution in [0.4, 0.5) is 11.5 Å². The molecule has 0 aliphatic carbocycles. The van der Waals surface area contributed by atoms with Crippen LogP contribution in [0.5, 0.6) is 0 Å². The lowest BCUT2D eigenvalue weighted by molar-refractivity contribution is 0.658. The molecule has 1 unspecified atom stereocenters. The van der Waals surface area contributed by atoms with E-state index < -0.39 is 0 Å². The first-order valence-corrected chi connectivity index (χ1v) is 5.14. The Labute approximate surface area is 84.9 Å². The molecule has 3 heteroatoms. The van der Waals surface area contributed by atoms with E-state index in [1.165, 1.54) is 12.0 Å². The highest BCUT2D eigenvalue weighted by atomic mass is 15.2. The molecule has 0 amide bonds. The van der Waals surface area contributed by atoms with Crippen LogP contribution >= 0.6 is 0 Å². The van der Waals surface area contributed by atoms with Crippen molar-refractivity contribution in [1.82, 2.24) is 4.98 Å². The number of aromatic nitrogens is 1. The minimum atomic E-state index is 0.749. The smallest absolute Gasteiger partial charge is 0.131 e. The van der Waals surface area contributed by atoms with E-state index in [0.29, 0.717) is 0 Å². The summed E-state index contributed by atoms with van der Waals surface area (Å²) < 4.78 is 0. The van der Waals surface area contributed by atoms with Crippen LogP contribution < -0.4 is 10.6 Å². The number of pyridine rings is 1. The summed E-state index contributed by atoms with van der Waals surface area (Å²) in [6.45, 7) is 6.60. The second kappa shape index (κ2) is 3.48. The van der Waals surface area contributed by atoms with E-state index in [-0.39, 0.29) is 0 Å². The first-order valence-electron chi connectivity index (χ1n) is 5.14. The molecule has 1 aromatic rings. The molecule has 14 heavy (non-hydrogen) atoms. The lowest BCUT2D eigenvalue weighted by Gasteiger charge is -2.19. The highest BCUT2D eigenvalue weighted by Gasteiger charge is 2.20. The molecule has 1 aliphatic rings. The number of hydrogen-bond donors (Lipinski definition) is 1. The Morgan fingerprint density at radius 2 is 2.36 bits per heavy atom. The van der Waals surface area contributed by atoms with Crippen molar-refractivity contribution in [3.63, 3.8) is 0 Å². The van der Waals surface area contributed by atoms with Crippen molar-refractivity contribution in [2.75, 3.05) is 23.7 Å². The van der Waals surface area contributed by atoms with Gasteiger partial charge in [0.1, 0.15) is 5.82 Å². The molecule has 2 heterocycles. The third-order valence-corrected chi connectivity index (χ3v) is 2.80. The van der Waals surface area contributed by atoms with Gasteiger partial charge in [0.2, 0.25) is 0 Å². The van der Waals surface area contributed by atoms with Gasteiger partial charge >= 0.3 is 0 Å². The molecule has 0 saturated carbocycles. The summed E-state index contributed by atoms with van der Waals surface area (Å²) in [6, 6.07) is 1.99. The van der Waals surface area contributed by atoms with Crippen LogP contribution in [0.2, 0.25) is 0 Å². The largest absolute Gasteiger partial charge is 0.397 e. The monoisotopic (exact) mass is 191 g/mol. The molecule has 0 aromatic carbocycles. The summed E-state index contributed by atoms with van der Waals surface area (Å²) in [6.07, 6.45) is 3.01. The van der Waals surface area contributed by atoms with Crippen LogP contribution in [-0.2, 0) is 0 Å². The van der Waals surface area contributed by atoms with Crippen molar-refractivity contribution in [3.05, 3.63) is 17.8 Å². The van der Waals surface area contributed by atoms with Gasteiger partial charge in [-0.3, -0.25) is 0 Å². The predicted octanol–water partition coefficient (Wildman–Crippen LogP) is 1.82. The van der Waals surface area contributed by atoms with Crippen LogP contribution in [0.15, 0.2) is 12.3 Å². The van der Waals surface area contributed by atoms with Crippen LogP contribution in [0.25, 0.3) is 0 Å². The summed E-state index contributed by atoms with van der Waals surface area (Å²) in [7, 11) is 0. The number of hydrogen-bond acceptors (Lipinski definition) is 3. The van der Waals surface area contributed by atoms with E-state index in [4.69, 9.17) is 5.73 Å². The summed E-state index contributed by atoms with van der Waals surface area (Å²) in [5, 5.41) is 0. The number of nitrogens with two attached hydrogens (primary N) is 1. The van der Waals surface area contributed by atoms with Gasteiger partial charge in [0.25, 0.3) is 0 Å². The van der Waals surface area contributed by atoms with Crippen molar-refractivity contribution in [3.8, 4) is 0 Å². The van der Waals surface area contributed by atoms with Crippen molar-refractivity contribution in [2.45, 2.75) is 20.3 Å². The van der Waals surface area contributed by atoms with Crippen LogP contribution in [0.3, 0.4) is 0 Å². The van der Waals surface area contributed by atoms with Crippen molar-refractivity contribution in [1.29, 1.82) is 0 Å². The SMILES string of the molecule is Cc1cc(N)cnc1N1CCC(C)C1. The average molecular weight is 191 g/mol. The fraction of sp³-hybridized carbons (Fsp3) is 0.545. The molecule has 2 N–H and O–H groups in total. The Morgan fingerprint density at radius 3 is 2.93 bits per heavy atom. The first kappa shape index (κ1) is 9.31. The summed E-state index contributed by atoms with van der Waals surface area (Å²) in [5.74, 6) is 1.89. The Hall–Kier alpha value is -1.25. The van der Waals surface area contributed by atoms with E-state index in [2.05, 4.69) is 23.7 Å². The van der Waals surface area contributed by atoms with Gasteiger partial charge in [-0.05, 0) is 30.9 Å². The Balaban J connectivity index is 2.24. The number of aryl methyl sites for hydroxylation is 1.